The lowest BCUT2D eigenvalue weighted by Gasteiger charge is -2.21. The maximum atomic E-state index is 11.8. The topological polar surface area (TPSA) is 80.0 Å². The van der Waals surface area contributed by atoms with Crippen molar-refractivity contribution in [3.05, 3.63) is 76.4 Å². The Labute approximate surface area is 222 Å². The van der Waals surface area contributed by atoms with Crippen LogP contribution >= 0.6 is 35.5 Å². The number of carbonyl (C=O) groups excluding carboxylic acids is 1. The summed E-state index contributed by atoms with van der Waals surface area (Å²) in [5.74, 6) is 0.504. The van der Waals surface area contributed by atoms with E-state index in [-0.39, 0.29) is 24.9 Å². The first-order chi connectivity index (χ1) is 17.1. The van der Waals surface area contributed by atoms with Gasteiger partial charge in [0.2, 0.25) is 4.80 Å². The maximum Gasteiger partial charge on any atom is 0.262 e. The fraction of sp³-hybridized carbons (Fsp3) is 0.115. The molecule has 0 unspecified atom stereocenters. The minimum atomic E-state index is -0.159. The molecule has 0 saturated carbocycles. The van der Waals surface area contributed by atoms with Gasteiger partial charge in [0.1, 0.15) is 5.75 Å². The van der Waals surface area contributed by atoms with Crippen LogP contribution in [0.25, 0.3) is 11.3 Å². The zero-order valence-electron chi connectivity index (χ0n) is 19.4. The number of thiazole rings is 1. The molecule has 0 radical (unpaired) electrons. The number of hydrogen-bond acceptors (Lipinski definition) is 7. The molecule has 10 heteroatoms. The minimum Gasteiger partial charge on any atom is -0.482 e. The van der Waals surface area contributed by atoms with Gasteiger partial charge >= 0.3 is 0 Å². The molecule has 182 valence electrons. The van der Waals surface area contributed by atoms with E-state index < -0.39 is 0 Å². The van der Waals surface area contributed by atoms with Gasteiger partial charge in [-0.05, 0) is 55.0 Å². The second kappa shape index (κ2) is 9.85. The molecule has 1 aromatic heterocycles. The summed E-state index contributed by atoms with van der Waals surface area (Å²) in [7, 11) is 1.76. The quantitative estimate of drug-likeness (QED) is 0.278. The van der Waals surface area contributed by atoms with Crippen LogP contribution in [0.1, 0.15) is 12.5 Å². The third kappa shape index (κ3) is 4.41. The summed E-state index contributed by atoms with van der Waals surface area (Å²) in [4.78, 5) is 19.4. The summed E-state index contributed by atoms with van der Waals surface area (Å²) in [5.41, 5.74) is 6.53. The Morgan fingerprint density at radius 2 is 1.83 bits per heavy atom. The van der Waals surface area contributed by atoms with Gasteiger partial charge < -0.3 is 15.4 Å². The smallest absolute Gasteiger partial charge is 0.262 e. The van der Waals surface area contributed by atoms with Gasteiger partial charge in [-0.15, -0.1) is 23.7 Å². The lowest BCUT2D eigenvalue weighted by molar-refractivity contribution is -0.118. The molecule has 0 bridgehead atoms. The molecule has 3 aromatic carbocycles. The highest BCUT2D eigenvalue weighted by Gasteiger charge is 2.19. The van der Waals surface area contributed by atoms with Crippen LogP contribution in [0.5, 0.6) is 5.75 Å². The van der Waals surface area contributed by atoms with Crippen molar-refractivity contribution in [1.82, 2.24) is 4.68 Å². The first-order valence-electron chi connectivity index (χ1n) is 11.0. The van der Waals surface area contributed by atoms with E-state index in [1.807, 2.05) is 41.2 Å². The number of carbonyl (C=O) groups is 1. The number of aromatic nitrogens is 1. The highest BCUT2D eigenvalue weighted by molar-refractivity contribution is 7.99. The van der Waals surface area contributed by atoms with Crippen LogP contribution in [0.2, 0.25) is 0 Å². The first kappa shape index (κ1) is 24.2. The van der Waals surface area contributed by atoms with Gasteiger partial charge in [-0.2, -0.15) is 5.10 Å². The first-order valence-corrected chi connectivity index (χ1v) is 12.7. The molecule has 2 aliphatic heterocycles. The van der Waals surface area contributed by atoms with Crippen molar-refractivity contribution in [2.45, 2.75) is 16.7 Å². The van der Waals surface area contributed by atoms with Crippen LogP contribution in [-0.2, 0) is 4.79 Å². The van der Waals surface area contributed by atoms with Gasteiger partial charge in [0, 0.05) is 27.8 Å². The van der Waals surface area contributed by atoms with Crippen molar-refractivity contribution in [3.63, 3.8) is 0 Å². The molecule has 1 amide bonds. The van der Waals surface area contributed by atoms with Gasteiger partial charge in [0.25, 0.3) is 5.91 Å². The van der Waals surface area contributed by atoms with Crippen molar-refractivity contribution < 1.29 is 9.53 Å². The number of hydrogen-bond donors (Lipinski definition) is 2. The van der Waals surface area contributed by atoms with Crippen molar-refractivity contribution in [2.75, 3.05) is 24.3 Å². The lowest BCUT2D eigenvalue weighted by atomic mass is 10.1. The number of halogens is 1. The molecule has 4 aromatic rings. The SMILES string of the molecule is CN=c1scc(-c2ccc3c(c2)NC(=O)CO3)n1N=C(C)c1ccc2c(c1)Nc1ccccc1S2.Cl. The van der Waals surface area contributed by atoms with Gasteiger partial charge in [-0.3, -0.25) is 9.79 Å². The van der Waals surface area contributed by atoms with E-state index in [0.717, 1.165) is 38.7 Å². The molecule has 7 nitrogen and oxygen atoms in total. The largest absolute Gasteiger partial charge is 0.482 e. The predicted molar refractivity (Wildman–Crippen MR) is 149 cm³/mol. The van der Waals surface area contributed by atoms with Crippen LogP contribution in [-0.4, -0.2) is 29.9 Å². The summed E-state index contributed by atoms with van der Waals surface area (Å²) in [6, 6.07) is 20.4. The zero-order valence-corrected chi connectivity index (χ0v) is 21.9. The van der Waals surface area contributed by atoms with Crippen molar-refractivity contribution in [3.8, 4) is 17.0 Å². The Balaban J connectivity index is 0.00000267. The monoisotopic (exact) mass is 535 g/mol. The Morgan fingerprint density at radius 1 is 1.00 bits per heavy atom. The Hall–Kier alpha value is -3.53. The second-order valence-corrected chi connectivity index (χ2v) is 10.0. The maximum absolute atomic E-state index is 11.8. The zero-order chi connectivity index (χ0) is 23.9. The van der Waals surface area contributed by atoms with Crippen molar-refractivity contribution >= 4 is 64.2 Å². The number of rotatable bonds is 3. The Kier molecular flexibility index (Phi) is 6.61. The molecule has 3 heterocycles. The van der Waals surface area contributed by atoms with Crippen molar-refractivity contribution in [1.29, 1.82) is 0 Å². The van der Waals surface area contributed by atoms with Crippen LogP contribution in [0.3, 0.4) is 0 Å². The van der Waals surface area contributed by atoms with E-state index >= 15 is 0 Å². The molecule has 0 aliphatic carbocycles. The molecule has 0 spiro atoms. The molecule has 0 saturated heterocycles. The van der Waals surface area contributed by atoms with E-state index in [1.165, 1.54) is 21.1 Å². The standard InChI is InChI=1S/C26H21N5O2S2.ClH/c1-15(16-8-10-24-20(11-16)28-18-5-3-4-6-23(18)35-24)30-31-21(14-34-26(31)27-2)17-7-9-22-19(12-17)29-25(32)13-33-22;/h3-12,14,28H,13H2,1-2H3,(H,29,32);1H. The number of benzene rings is 3. The van der Waals surface area contributed by atoms with Crippen LogP contribution in [0, 0.1) is 0 Å². The predicted octanol–water partition coefficient (Wildman–Crippen LogP) is 5.98. The van der Waals surface area contributed by atoms with Crippen molar-refractivity contribution in [2.24, 2.45) is 10.1 Å². The van der Waals surface area contributed by atoms with E-state index in [9.17, 15) is 4.79 Å². The Bertz CT molecular complexity index is 1590. The van der Waals surface area contributed by atoms with Crippen LogP contribution < -0.4 is 20.2 Å². The number of para-hydroxylation sites is 1. The van der Waals surface area contributed by atoms with Crippen LogP contribution in [0.4, 0.5) is 17.1 Å². The second-order valence-electron chi connectivity index (χ2n) is 8.11. The summed E-state index contributed by atoms with van der Waals surface area (Å²) < 4.78 is 7.35. The van der Waals surface area contributed by atoms with Crippen LogP contribution in [0.15, 0.2) is 85.9 Å². The fourth-order valence-corrected chi connectivity index (χ4v) is 5.83. The lowest BCUT2D eigenvalue weighted by Crippen LogP contribution is -2.25. The average molecular weight is 536 g/mol. The molecule has 0 atom stereocenters. The molecule has 36 heavy (non-hydrogen) atoms. The van der Waals surface area contributed by atoms with E-state index in [2.05, 4.69) is 52.0 Å². The number of fused-ring (bicyclic) bond motifs is 3. The number of amides is 1. The molecule has 6 rings (SSSR count). The van der Waals surface area contributed by atoms with E-state index in [1.54, 1.807) is 18.8 Å². The van der Waals surface area contributed by atoms with Gasteiger partial charge in [0.05, 0.1) is 28.5 Å². The molecular weight excluding hydrogens is 514 g/mol. The number of nitrogens with one attached hydrogen (secondary N) is 2. The van der Waals surface area contributed by atoms with Gasteiger partial charge in [0.15, 0.2) is 6.61 Å². The van der Waals surface area contributed by atoms with E-state index in [4.69, 9.17) is 9.84 Å². The third-order valence-corrected chi connectivity index (χ3v) is 7.87. The Morgan fingerprint density at radius 3 is 2.69 bits per heavy atom. The minimum absolute atomic E-state index is 0. The summed E-state index contributed by atoms with van der Waals surface area (Å²) in [5, 5.41) is 13.4. The molecular formula is C26H22ClN5O2S2. The highest BCUT2D eigenvalue weighted by Crippen LogP contribution is 2.44. The van der Waals surface area contributed by atoms with E-state index in [0.29, 0.717) is 11.4 Å². The molecule has 2 aliphatic rings. The molecule has 0 fully saturated rings. The normalized spacial score (nSPS) is 14.4. The summed E-state index contributed by atoms with van der Waals surface area (Å²) in [6.45, 7) is 2.04. The molecule has 2 N–H and O–H groups in total. The average Bonchev–Trinajstić information content (AvgIpc) is 3.29. The number of ether oxygens (including phenoxy) is 1. The summed E-state index contributed by atoms with van der Waals surface area (Å²) >= 11 is 3.28. The summed E-state index contributed by atoms with van der Waals surface area (Å²) in [6.07, 6.45) is 0. The number of nitrogens with zero attached hydrogens (tertiary/aromatic N) is 3. The number of anilines is 3. The highest BCUT2D eigenvalue weighted by atomic mass is 35.5. The third-order valence-electron chi connectivity index (χ3n) is 5.81. The fourth-order valence-electron chi connectivity index (χ4n) is 4.06. The van der Waals surface area contributed by atoms with Gasteiger partial charge in [-0.1, -0.05) is 30.0 Å². The van der Waals surface area contributed by atoms with Gasteiger partial charge in [-0.25, -0.2) is 4.68 Å².